The standard InChI is InChI=1S/C13H28N2O/c1-4-14-12(11-15(2)3)7-5-8-13-9-6-10-16-13/h12-14H,4-11H2,1-3H3. The molecular weight excluding hydrogens is 200 g/mol. The molecule has 0 spiro atoms. The van der Waals surface area contributed by atoms with E-state index >= 15 is 0 Å². The van der Waals surface area contributed by atoms with Gasteiger partial charge < -0.3 is 15.0 Å². The van der Waals surface area contributed by atoms with Crippen LogP contribution in [-0.4, -0.2) is 50.8 Å². The van der Waals surface area contributed by atoms with E-state index in [2.05, 4.69) is 31.2 Å². The lowest BCUT2D eigenvalue weighted by molar-refractivity contribution is 0.101. The van der Waals surface area contributed by atoms with Gasteiger partial charge in [0.15, 0.2) is 0 Å². The van der Waals surface area contributed by atoms with Gasteiger partial charge in [0.05, 0.1) is 6.10 Å². The van der Waals surface area contributed by atoms with Crippen LogP contribution in [0.3, 0.4) is 0 Å². The van der Waals surface area contributed by atoms with Gasteiger partial charge in [-0.25, -0.2) is 0 Å². The molecule has 0 saturated carbocycles. The Bertz CT molecular complexity index is 167. The van der Waals surface area contributed by atoms with Crippen LogP contribution in [0.1, 0.15) is 39.0 Å². The van der Waals surface area contributed by atoms with E-state index < -0.39 is 0 Å². The normalized spacial score (nSPS) is 22.9. The van der Waals surface area contributed by atoms with Crippen molar-refractivity contribution in [2.45, 2.75) is 51.2 Å². The van der Waals surface area contributed by atoms with Crippen molar-refractivity contribution in [3.8, 4) is 0 Å². The summed E-state index contributed by atoms with van der Waals surface area (Å²) >= 11 is 0. The first-order valence-corrected chi connectivity index (χ1v) is 6.72. The smallest absolute Gasteiger partial charge is 0.0576 e. The van der Waals surface area contributed by atoms with Crippen LogP contribution < -0.4 is 5.32 Å². The van der Waals surface area contributed by atoms with Crippen molar-refractivity contribution in [1.82, 2.24) is 10.2 Å². The summed E-state index contributed by atoms with van der Waals surface area (Å²) in [6.45, 7) is 5.37. The number of nitrogens with one attached hydrogen (secondary N) is 1. The summed E-state index contributed by atoms with van der Waals surface area (Å²) in [6.07, 6.45) is 6.90. The predicted octanol–water partition coefficient (Wildman–Crippen LogP) is 1.88. The van der Waals surface area contributed by atoms with Gasteiger partial charge in [-0.2, -0.15) is 0 Å². The summed E-state index contributed by atoms with van der Waals surface area (Å²) in [4.78, 5) is 2.26. The summed E-state index contributed by atoms with van der Waals surface area (Å²) in [7, 11) is 4.29. The minimum atomic E-state index is 0.557. The van der Waals surface area contributed by atoms with Crippen LogP contribution in [0.5, 0.6) is 0 Å². The first-order valence-electron chi connectivity index (χ1n) is 6.72. The molecule has 0 radical (unpaired) electrons. The van der Waals surface area contributed by atoms with Gasteiger partial charge in [-0.05, 0) is 52.7 Å². The van der Waals surface area contributed by atoms with Crippen LogP contribution in [0.4, 0.5) is 0 Å². The van der Waals surface area contributed by atoms with E-state index in [9.17, 15) is 0 Å². The van der Waals surface area contributed by atoms with Gasteiger partial charge in [-0.3, -0.25) is 0 Å². The lowest BCUT2D eigenvalue weighted by atomic mass is 10.0. The fraction of sp³-hybridized carbons (Fsp3) is 1.00. The van der Waals surface area contributed by atoms with Crippen molar-refractivity contribution < 1.29 is 4.74 Å². The van der Waals surface area contributed by atoms with Gasteiger partial charge in [0.25, 0.3) is 0 Å². The summed E-state index contributed by atoms with van der Waals surface area (Å²) in [5.41, 5.74) is 0. The number of hydrogen-bond donors (Lipinski definition) is 1. The van der Waals surface area contributed by atoms with Crippen LogP contribution in [0.2, 0.25) is 0 Å². The van der Waals surface area contributed by atoms with Crippen molar-refractivity contribution in [2.24, 2.45) is 0 Å². The third kappa shape index (κ3) is 5.83. The first-order chi connectivity index (χ1) is 7.72. The van der Waals surface area contributed by atoms with Crippen LogP contribution in [0, 0.1) is 0 Å². The fourth-order valence-corrected chi connectivity index (χ4v) is 2.45. The Labute approximate surface area is 101 Å². The minimum absolute atomic E-state index is 0.557. The lowest BCUT2D eigenvalue weighted by Gasteiger charge is -2.22. The fourth-order valence-electron chi connectivity index (χ4n) is 2.45. The monoisotopic (exact) mass is 228 g/mol. The highest BCUT2D eigenvalue weighted by molar-refractivity contribution is 4.71. The van der Waals surface area contributed by atoms with Crippen LogP contribution in [0.15, 0.2) is 0 Å². The summed E-state index contributed by atoms with van der Waals surface area (Å²) < 4.78 is 5.64. The number of rotatable bonds is 8. The van der Waals surface area contributed by atoms with E-state index in [1.54, 1.807) is 0 Å². The third-order valence-corrected chi connectivity index (χ3v) is 3.18. The summed E-state index contributed by atoms with van der Waals surface area (Å²) in [6, 6.07) is 0.640. The molecule has 0 aliphatic carbocycles. The van der Waals surface area contributed by atoms with Gasteiger partial charge in [0.1, 0.15) is 0 Å². The maximum atomic E-state index is 5.64. The highest BCUT2D eigenvalue weighted by atomic mass is 16.5. The molecule has 0 amide bonds. The van der Waals surface area contributed by atoms with E-state index in [1.807, 2.05) is 0 Å². The Kier molecular flexibility index (Phi) is 7.01. The number of likely N-dealkylation sites (N-methyl/N-ethyl adjacent to an activating group) is 2. The lowest BCUT2D eigenvalue weighted by Crippen LogP contribution is -2.38. The molecule has 1 fully saturated rings. The van der Waals surface area contributed by atoms with Crippen molar-refractivity contribution in [3.05, 3.63) is 0 Å². The zero-order chi connectivity index (χ0) is 11.8. The van der Waals surface area contributed by atoms with E-state index in [-0.39, 0.29) is 0 Å². The number of nitrogens with zero attached hydrogens (tertiary/aromatic N) is 1. The maximum Gasteiger partial charge on any atom is 0.0576 e. The Morgan fingerprint density at radius 1 is 1.44 bits per heavy atom. The molecule has 2 atom stereocenters. The van der Waals surface area contributed by atoms with E-state index in [0.717, 1.165) is 19.7 Å². The van der Waals surface area contributed by atoms with Gasteiger partial charge in [-0.1, -0.05) is 6.92 Å². The van der Waals surface area contributed by atoms with Crippen molar-refractivity contribution in [2.75, 3.05) is 33.8 Å². The SMILES string of the molecule is CCNC(CCCC1CCCO1)CN(C)C. The largest absolute Gasteiger partial charge is 0.378 e. The molecule has 1 rings (SSSR count). The second kappa shape index (κ2) is 8.04. The average molecular weight is 228 g/mol. The van der Waals surface area contributed by atoms with Crippen molar-refractivity contribution in [3.63, 3.8) is 0 Å². The predicted molar refractivity (Wildman–Crippen MR) is 68.8 cm³/mol. The zero-order valence-corrected chi connectivity index (χ0v) is 11.2. The number of ether oxygens (including phenoxy) is 1. The molecule has 1 saturated heterocycles. The highest BCUT2D eigenvalue weighted by Crippen LogP contribution is 2.18. The molecule has 2 unspecified atom stereocenters. The molecule has 1 aliphatic heterocycles. The molecule has 96 valence electrons. The maximum absolute atomic E-state index is 5.64. The second-order valence-electron chi connectivity index (χ2n) is 5.08. The van der Waals surface area contributed by atoms with E-state index in [4.69, 9.17) is 4.74 Å². The van der Waals surface area contributed by atoms with Gasteiger partial charge in [-0.15, -0.1) is 0 Å². The van der Waals surface area contributed by atoms with E-state index in [0.29, 0.717) is 12.1 Å². The Hall–Kier alpha value is -0.120. The summed E-state index contributed by atoms with van der Waals surface area (Å²) in [5, 5.41) is 3.56. The average Bonchev–Trinajstić information content (AvgIpc) is 2.70. The van der Waals surface area contributed by atoms with Gasteiger partial charge in [0, 0.05) is 19.2 Å². The zero-order valence-electron chi connectivity index (χ0n) is 11.2. The topological polar surface area (TPSA) is 24.5 Å². The molecule has 3 nitrogen and oxygen atoms in total. The van der Waals surface area contributed by atoms with Crippen molar-refractivity contribution in [1.29, 1.82) is 0 Å². The quantitative estimate of drug-likeness (QED) is 0.686. The molecule has 0 aromatic carbocycles. The Morgan fingerprint density at radius 3 is 2.81 bits per heavy atom. The molecule has 1 N–H and O–H groups in total. The van der Waals surface area contributed by atoms with E-state index in [1.165, 1.54) is 32.1 Å². The molecular formula is C13H28N2O. The van der Waals surface area contributed by atoms with Crippen LogP contribution >= 0.6 is 0 Å². The molecule has 16 heavy (non-hydrogen) atoms. The second-order valence-corrected chi connectivity index (χ2v) is 5.08. The third-order valence-electron chi connectivity index (χ3n) is 3.18. The van der Waals surface area contributed by atoms with Crippen LogP contribution in [0.25, 0.3) is 0 Å². The van der Waals surface area contributed by atoms with Crippen molar-refractivity contribution >= 4 is 0 Å². The molecule has 3 heteroatoms. The molecule has 1 aliphatic rings. The molecule has 0 bridgehead atoms. The van der Waals surface area contributed by atoms with Gasteiger partial charge in [0.2, 0.25) is 0 Å². The Morgan fingerprint density at radius 2 is 2.25 bits per heavy atom. The highest BCUT2D eigenvalue weighted by Gasteiger charge is 2.16. The number of hydrogen-bond acceptors (Lipinski definition) is 3. The molecule has 0 aromatic heterocycles. The van der Waals surface area contributed by atoms with Gasteiger partial charge >= 0.3 is 0 Å². The molecule has 0 aromatic rings. The Balaban J connectivity index is 2.10. The first kappa shape index (κ1) is 13.9. The van der Waals surface area contributed by atoms with Crippen LogP contribution in [-0.2, 0) is 4.74 Å². The summed E-state index contributed by atoms with van der Waals surface area (Å²) in [5.74, 6) is 0. The minimum Gasteiger partial charge on any atom is -0.378 e. The molecule has 1 heterocycles.